The molecule has 1 aromatic heterocycles. The number of hydrogen-bond acceptors (Lipinski definition) is 10. The number of alkyl carbamates (subject to hydrolysis) is 1. The highest BCUT2D eigenvalue weighted by molar-refractivity contribution is 5.81. The van der Waals surface area contributed by atoms with Crippen molar-refractivity contribution < 1.29 is 48.3 Å². The number of hydrogen-bond donors (Lipinski definition) is 3. The van der Waals surface area contributed by atoms with Gasteiger partial charge < -0.3 is 44.1 Å². The number of carbonyl (C=O) groups is 2. The Balaban J connectivity index is 2.23. The van der Waals surface area contributed by atoms with Gasteiger partial charge in [0.05, 0.1) is 46.2 Å². The summed E-state index contributed by atoms with van der Waals surface area (Å²) in [6.07, 6.45) is -0.554. The molecule has 0 radical (unpaired) electrons. The van der Waals surface area contributed by atoms with Crippen LogP contribution >= 0.6 is 0 Å². The van der Waals surface area contributed by atoms with Crippen LogP contribution in [0.4, 0.5) is 4.79 Å². The molecule has 1 aromatic rings. The van der Waals surface area contributed by atoms with E-state index in [0.717, 1.165) is 12.1 Å². The molecule has 0 aliphatic rings. The van der Waals surface area contributed by atoms with Crippen molar-refractivity contribution in [2.24, 2.45) is 5.92 Å². The summed E-state index contributed by atoms with van der Waals surface area (Å²) in [5.74, 6) is -1.73. The van der Waals surface area contributed by atoms with Crippen LogP contribution in [0.25, 0.3) is 0 Å². The van der Waals surface area contributed by atoms with E-state index in [0.29, 0.717) is 44.4 Å². The first-order chi connectivity index (χ1) is 15.3. The van der Waals surface area contributed by atoms with Gasteiger partial charge in [0.15, 0.2) is 0 Å². The number of aromatic hydroxyl groups is 2. The van der Waals surface area contributed by atoms with Gasteiger partial charge in [-0.05, 0) is 12.3 Å². The highest BCUT2D eigenvalue weighted by Gasteiger charge is 2.26. The molecule has 3 N–H and O–H groups in total. The fraction of sp³-hybridized carbons (Fsp3) is 0.700. The van der Waals surface area contributed by atoms with Crippen molar-refractivity contribution in [1.29, 1.82) is 0 Å². The van der Waals surface area contributed by atoms with Crippen LogP contribution in [0.5, 0.6) is 11.8 Å². The van der Waals surface area contributed by atoms with E-state index in [1.165, 1.54) is 0 Å². The second-order valence-electron chi connectivity index (χ2n) is 7.05. The summed E-state index contributed by atoms with van der Waals surface area (Å²) in [5, 5.41) is 21.6. The third-order valence-corrected chi connectivity index (χ3v) is 3.90. The first-order valence-electron chi connectivity index (χ1n) is 10.3. The molecule has 12 heteroatoms. The number of nitrogens with zero attached hydrogens (tertiary/aromatic N) is 1. The first-order valence-corrected chi connectivity index (χ1v) is 10.3. The fourth-order valence-corrected chi connectivity index (χ4v) is 2.40. The Morgan fingerprint density at radius 2 is 1.41 bits per heavy atom. The molecule has 0 bridgehead atoms. The zero-order valence-electron chi connectivity index (χ0n) is 18.8. The highest BCUT2D eigenvalue weighted by Crippen LogP contribution is 2.19. The van der Waals surface area contributed by atoms with Crippen LogP contribution in [0.15, 0.2) is 12.1 Å². The third-order valence-electron chi connectivity index (χ3n) is 3.90. The molecule has 1 heterocycles. The van der Waals surface area contributed by atoms with Crippen molar-refractivity contribution in [3.8, 4) is 11.8 Å². The van der Waals surface area contributed by atoms with Crippen molar-refractivity contribution in [3.63, 3.8) is 0 Å². The normalized spacial score (nSPS) is 12.0. The maximum atomic E-state index is 12.4. The maximum Gasteiger partial charge on any atom is 0.407 e. The molecule has 0 fully saturated rings. The van der Waals surface area contributed by atoms with Crippen LogP contribution < -0.4 is 10.2 Å². The standard InChI is InChI=1S/C20H34N2O10/c1-15(2)14-16(19(25)32-22-17(23)4-5-18(22)24)21-20(26)31-13-12-30-11-10-29-9-8-28-7-6-27-3/h4-5,15-16,23-24H,6-14H2,1-3H3,(H,21,26)/t16-/m0/s1. The lowest BCUT2D eigenvalue weighted by Crippen LogP contribution is -2.45. The number of aromatic nitrogens is 1. The van der Waals surface area contributed by atoms with Crippen LogP contribution in [0.3, 0.4) is 0 Å². The molecular weight excluding hydrogens is 428 g/mol. The first kappa shape index (κ1) is 27.5. The largest absolute Gasteiger partial charge is 0.492 e. The van der Waals surface area contributed by atoms with E-state index < -0.39 is 29.9 Å². The van der Waals surface area contributed by atoms with Crippen LogP contribution in [0.2, 0.25) is 0 Å². The molecule has 0 saturated heterocycles. The number of ether oxygens (including phenoxy) is 5. The van der Waals surface area contributed by atoms with E-state index in [-0.39, 0.29) is 25.6 Å². The molecule has 184 valence electrons. The monoisotopic (exact) mass is 462 g/mol. The Bertz CT molecular complexity index is 645. The minimum Gasteiger partial charge on any atom is -0.492 e. The maximum absolute atomic E-state index is 12.4. The molecule has 0 saturated carbocycles. The summed E-state index contributed by atoms with van der Waals surface area (Å²) in [4.78, 5) is 29.3. The predicted octanol–water partition coefficient (Wildman–Crippen LogP) is 0.692. The molecule has 32 heavy (non-hydrogen) atoms. The van der Waals surface area contributed by atoms with E-state index in [4.69, 9.17) is 28.5 Å². The summed E-state index contributed by atoms with van der Waals surface area (Å²) in [5.41, 5.74) is 0. The Morgan fingerprint density at radius 1 is 0.906 bits per heavy atom. The number of nitrogens with one attached hydrogen (secondary N) is 1. The second kappa shape index (κ2) is 16.1. The van der Waals surface area contributed by atoms with E-state index in [9.17, 15) is 19.8 Å². The number of amides is 1. The van der Waals surface area contributed by atoms with E-state index >= 15 is 0 Å². The quantitative estimate of drug-likeness (QED) is 0.283. The number of rotatable bonds is 17. The van der Waals surface area contributed by atoms with Crippen molar-refractivity contribution in [3.05, 3.63) is 12.1 Å². The van der Waals surface area contributed by atoms with E-state index in [1.54, 1.807) is 7.11 Å². The van der Waals surface area contributed by atoms with Crippen LogP contribution in [-0.2, 0) is 28.5 Å². The average molecular weight is 462 g/mol. The zero-order valence-corrected chi connectivity index (χ0v) is 18.8. The zero-order chi connectivity index (χ0) is 23.8. The fourth-order valence-electron chi connectivity index (χ4n) is 2.40. The van der Waals surface area contributed by atoms with Gasteiger partial charge in [-0.2, -0.15) is 0 Å². The molecule has 1 rings (SSSR count). The topological polar surface area (TPSA) is 147 Å². The molecule has 12 nitrogen and oxygen atoms in total. The average Bonchev–Trinajstić information content (AvgIpc) is 3.05. The SMILES string of the molecule is COCCOCCOCCOCCOC(=O)N[C@@H](CC(C)C)C(=O)On1c(O)ccc1O. The van der Waals surface area contributed by atoms with E-state index in [1.807, 2.05) is 13.8 Å². The Kier molecular flexibility index (Phi) is 13.9. The van der Waals surface area contributed by atoms with Crippen molar-refractivity contribution >= 4 is 12.1 Å². The van der Waals surface area contributed by atoms with Gasteiger partial charge in [0.2, 0.25) is 11.8 Å². The molecular formula is C20H34N2O10. The van der Waals surface area contributed by atoms with Crippen molar-refractivity contribution in [2.75, 3.05) is 60.0 Å². The molecule has 0 aliphatic heterocycles. The van der Waals surface area contributed by atoms with Crippen molar-refractivity contribution in [2.45, 2.75) is 26.3 Å². The van der Waals surface area contributed by atoms with Gasteiger partial charge in [-0.15, -0.1) is 4.73 Å². The lowest BCUT2D eigenvalue weighted by molar-refractivity contribution is -0.148. The summed E-state index contributed by atoms with van der Waals surface area (Å²) < 4.78 is 26.3. The van der Waals surface area contributed by atoms with Crippen molar-refractivity contribution in [1.82, 2.24) is 10.0 Å². The van der Waals surface area contributed by atoms with Gasteiger partial charge in [0, 0.05) is 19.2 Å². The molecule has 0 unspecified atom stereocenters. The smallest absolute Gasteiger partial charge is 0.407 e. The molecule has 0 aromatic carbocycles. The molecule has 1 atom stereocenters. The summed E-state index contributed by atoms with van der Waals surface area (Å²) in [6, 6.07) is 1.27. The van der Waals surface area contributed by atoms with Gasteiger partial charge in [-0.25, -0.2) is 9.59 Å². The summed E-state index contributed by atoms with van der Waals surface area (Å²) in [7, 11) is 1.60. The van der Waals surface area contributed by atoms with Gasteiger partial charge in [0.25, 0.3) is 0 Å². The molecule has 0 aliphatic carbocycles. The van der Waals surface area contributed by atoms with Gasteiger partial charge in [0.1, 0.15) is 12.6 Å². The van der Waals surface area contributed by atoms with Gasteiger partial charge in [-0.3, -0.25) is 0 Å². The minimum absolute atomic E-state index is 0.0193. The highest BCUT2D eigenvalue weighted by atomic mass is 16.7. The molecule has 0 spiro atoms. The lowest BCUT2D eigenvalue weighted by Gasteiger charge is -2.19. The summed E-state index contributed by atoms with van der Waals surface area (Å²) >= 11 is 0. The number of methoxy groups -OCH3 is 1. The Morgan fingerprint density at radius 3 is 1.91 bits per heavy atom. The van der Waals surface area contributed by atoms with Crippen LogP contribution in [0.1, 0.15) is 20.3 Å². The minimum atomic E-state index is -1.04. The van der Waals surface area contributed by atoms with E-state index in [2.05, 4.69) is 5.32 Å². The number of carbonyl (C=O) groups excluding carboxylic acids is 2. The Labute approximate surface area is 187 Å². The molecule has 1 amide bonds. The van der Waals surface area contributed by atoms with Gasteiger partial charge in [-0.1, -0.05) is 13.8 Å². The van der Waals surface area contributed by atoms with Crippen LogP contribution in [0, 0.1) is 5.92 Å². The van der Waals surface area contributed by atoms with Gasteiger partial charge >= 0.3 is 12.1 Å². The lowest BCUT2D eigenvalue weighted by atomic mass is 10.0. The third kappa shape index (κ3) is 11.7. The van der Waals surface area contributed by atoms with Crippen LogP contribution in [-0.4, -0.2) is 93.0 Å². The second-order valence-corrected chi connectivity index (χ2v) is 7.05. The predicted molar refractivity (Wildman–Crippen MR) is 111 cm³/mol. The Hall–Kier alpha value is -2.54. The summed E-state index contributed by atoms with van der Waals surface area (Å²) in [6.45, 7) is 6.53.